The van der Waals surface area contributed by atoms with Crippen LogP contribution in [0.3, 0.4) is 0 Å². The van der Waals surface area contributed by atoms with Gasteiger partial charge in [-0.2, -0.15) is 0 Å². The van der Waals surface area contributed by atoms with Gasteiger partial charge in [-0.1, -0.05) is 6.92 Å². The Balaban J connectivity index is 3.87. The van der Waals surface area contributed by atoms with Crippen LogP contribution in [0, 0.1) is 5.41 Å². The van der Waals surface area contributed by atoms with Gasteiger partial charge >= 0.3 is 5.97 Å². The van der Waals surface area contributed by atoms with Crippen LogP contribution in [0.2, 0.25) is 0 Å². The molecule has 1 amide bonds. The molecular weight excluding hydrogens is 210 g/mol. The second-order valence-electron chi connectivity index (χ2n) is 4.57. The van der Waals surface area contributed by atoms with Crippen molar-refractivity contribution < 1.29 is 19.8 Å². The van der Waals surface area contributed by atoms with E-state index >= 15 is 0 Å². The third kappa shape index (κ3) is 5.70. The number of carbonyl (C=O) groups is 2. The Morgan fingerprint density at radius 2 is 1.94 bits per heavy atom. The van der Waals surface area contributed by atoms with Crippen LogP contribution < -0.4 is 5.32 Å². The summed E-state index contributed by atoms with van der Waals surface area (Å²) in [6.07, 6.45) is 0.685. The molecule has 5 nitrogen and oxygen atoms in total. The van der Waals surface area contributed by atoms with E-state index < -0.39 is 17.5 Å². The SMILES string of the molecule is CCC(O)CCNC(=O)CC(C)(C)C(=O)O. The fourth-order valence-corrected chi connectivity index (χ4v) is 1.12. The lowest BCUT2D eigenvalue weighted by Gasteiger charge is -2.18. The molecule has 0 heterocycles. The minimum Gasteiger partial charge on any atom is -0.481 e. The second kappa shape index (κ2) is 6.48. The van der Waals surface area contributed by atoms with Gasteiger partial charge in [0, 0.05) is 13.0 Å². The van der Waals surface area contributed by atoms with E-state index in [2.05, 4.69) is 5.32 Å². The van der Waals surface area contributed by atoms with E-state index in [0.717, 1.165) is 0 Å². The fraction of sp³-hybridized carbons (Fsp3) is 0.818. The molecule has 3 N–H and O–H groups in total. The summed E-state index contributed by atoms with van der Waals surface area (Å²) in [7, 11) is 0. The van der Waals surface area contributed by atoms with Crippen LogP contribution in [-0.4, -0.2) is 34.7 Å². The second-order valence-corrected chi connectivity index (χ2v) is 4.57. The van der Waals surface area contributed by atoms with Crippen molar-refractivity contribution in [3.05, 3.63) is 0 Å². The van der Waals surface area contributed by atoms with Crippen LogP contribution in [-0.2, 0) is 9.59 Å². The Labute approximate surface area is 95.9 Å². The third-order valence-corrected chi connectivity index (χ3v) is 2.45. The number of carboxylic acid groups (broad SMARTS) is 1. The molecular formula is C11H21NO4. The highest BCUT2D eigenvalue weighted by molar-refractivity contribution is 5.84. The van der Waals surface area contributed by atoms with E-state index in [-0.39, 0.29) is 12.3 Å². The number of aliphatic hydroxyl groups is 1. The first kappa shape index (κ1) is 14.9. The Morgan fingerprint density at radius 3 is 2.38 bits per heavy atom. The number of carbonyl (C=O) groups excluding carboxylic acids is 1. The van der Waals surface area contributed by atoms with Crippen LogP contribution in [0.1, 0.15) is 40.0 Å². The van der Waals surface area contributed by atoms with Gasteiger partial charge in [-0.15, -0.1) is 0 Å². The van der Waals surface area contributed by atoms with Crippen molar-refractivity contribution in [2.24, 2.45) is 5.41 Å². The molecule has 0 saturated heterocycles. The molecule has 0 aliphatic carbocycles. The minimum absolute atomic E-state index is 0.0510. The topological polar surface area (TPSA) is 86.6 Å². The molecule has 0 aliphatic heterocycles. The largest absolute Gasteiger partial charge is 0.481 e. The summed E-state index contributed by atoms with van der Waals surface area (Å²) < 4.78 is 0. The zero-order valence-electron chi connectivity index (χ0n) is 10.1. The summed E-state index contributed by atoms with van der Waals surface area (Å²) in [5, 5.41) is 20.7. The van der Waals surface area contributed by atoms with Crippen molar-refractivity contribution in [3.8, 4) is 0 Å². The maximum atomic E-state index is 11.4. The maximum Gasteiger partial charge on any atom is 0.309 e. The summed E-state index contributed by atoms with van der Waals surface area (Å²) in [6.45, 7) is 5.26. The van der Waals surface area contributed by atoms with Crippen molar-refractivity contribution in [3.63, 3.8) is 0 Å². The molecule has 0 fully saturated rings. The van der Waals surface area contributed by atoms with Gasteiger partial charge in [0.25, 0.3) is 0 Å². The van der Waals surface area contributed by atoms with Gasteiger partial charge in [-0.3, -0.25) is 9.59 Å². The molecule has 5 heteroatoms. The van der Waals surface area contributed by atoms with Gasteiger partial charge in [0.2, 0.25) is 5.91 Å². The van der Waals surface area contributed by atoms with Crippen LogP contribution in [0.5, 0.6) is 0 Å². The zero-order chi connectivity index (χ0) is 12.8. The van der Waals surface area contributed by atoms with Gasteiger partial charge in [0.1, 0.15) is 0 Å². The molecule has 0 aliphatic rings. The number of amides is 1. The standard InChI is InChI=1S/C11H21NO4/c1-4-8(13)5-6-12-9(14)7-11(2,3)10(15)16/h8,13H,4-7H2,1-3H3,(H,12,14)(H,15,16). The third-order valence-electron chi connectivity index (χ3n) is 2.45. The number of aliphatic hydroxyl groups excluding tert-OH is 1. The number of carboxylic acids is 1. The summed E-state index contributed by atoms with van der Waals surface area (Å²) in [6, 6.07) is 0. The van der Waals surface area contributed by atoms with Crippen molar-refractivity contribution in [2.75, 3.05) is 6.54 Å². The fourth-order valence-electron chi connectivity index (χ4n) is 1.12. The lowest BCUT2D eigenvalue weighted by atomic mass is 9.89. The van der Waals surface area contributed by atoms with E-state index in [1.54, 1.807) is 0 Å². The number of hydrogen-bond donors (Lipinski definition) is 3. The lowest BCUT2D eigenvalue weighted by molar-refractivity contribution is -0.149. The molecule has 0 rings (SSSR count). The number of nitrogens with one attached hydrogen (secondary N) is 1. The van der Waals surface area contributed by atoms with Crippen molar-refractivity contribution in [1.29, 1.82) is 0 Å². The lowest BCUT2D eigenvalue weighted by Crippen LogP contribution is -2.34. The molecule has 16 heavy (non-hydrogen) atoms. The van der Waals surface area contributed by atoms with Gasteiger partial charge in [-0.25, -0.2) is 0 Å². The molecule has 0 spiro atoms. The van der Waals surface area contributed by atoms with E-state index in [4.69, 9.17) is 5.11 Å². The van der Waals surface area contributed by atoms with Gasteiger partial charge < -0.3 is 15.5 Å². The van der Waals surface area contributed by atoms with Crippen molar-refractivity contribution in [1.82, 2.24) is 5.32 Å². The number of hydrogen-bond acceptors (Lipinski definition) is 3. The first-order valence-electron chi connectivity index (χ1n) is 5.47. The highest BCUT2D eigenvalue weighted by Gasteiger charge is 2.29. The first-order chi connectivity index (χ1) is 7.29. The van der Waals surface area contributed by atoms with E-state index in [1.165, 1.54) is 13.8 Å². The molecule has 94 valence electrons. The van der Waals surface area contributed by atoms with Crippen LogP contribution in [0.15, 0.2) is 0 Å². The summed E-state index contributed by atoms with van der Waals surface area (Å²) in [5.74, 6) is -1.29. The average molecular weight is 231 g/mol. The predicted molar refractivity (Wildman–Crippen MR) is 60.0 cm³/mol. The van der Waals surface area contributed by atoms with Crippen LogP contribution >= 0.6 is 0 Å². The molecule has 0 bridgehead atoms. The van der Waals surface area contributed by atoms with Gasteiger partial charge in [0.15, 0.2) is 0 Å². The highest BCUT2D eigenvalue weighted by Crippen LogP contribution is 2.19. The van der Waals surface area contributed by atoms with Crippen molar-refractivity contribution >= 4 is 11.9 Å². The average Bonchev–Trinajstić information content (AvgIpc) is 2.16. The van der Waals surface area contributed by atoms with Gasteiger partial charge in [-0.05, 0) is 26.7 Å². The zero-order valence-corrected chi connectivity index (χ0v) is 10.1. The normalized spacial score (nSPS) is 13.2. The van der Waals surface area contributed by atoms with Gasteiger partial charge in [0.05, 0.1) is 11.5 Å². The monoisotopic (exact) mass is 231 g/mol. The first-order valence-corrected chi connectivity index (χ1v) is 5.47. The Bertz CT molecular complexity index is 250. The summed E-state index contributed by atoms with van der Waals surface area (Å²) in [4.78, 5) is 22.1. The quantitative estimate of drug-likeness (QED) is 0.604. The number of rotatable bonds is 7. The molecule has 0 aromatic carbocycles. The van der Waals surface area contributed by atoms with Crippen LogP contribution in [0.25, 0.3) is 0 Å². The Hall–Kier alpha value is -1.10. The van der Waals surface area contributed by atoms with E-state index in [0.29, 0.717) is 19.4 Å². The molecule has 1 atom stereocenters. The van der Waals surface area contributed by atoms with E-state index in [9.17, 15) is 14.7 Å². The molecule has 1 unspecified atom stereocenters. The smallest absolute Gasteiger partial charge is 0.309 e. The summed E-state index contributed by atoms with van der Waals surface area (Å²) in [5.41, 5.74) is -1.05. The molecule has 0 radical (unpaired) electrons. The molecule has 0 saturated carbocycles. The van der Waals surface area contributed by atoms with Crippen LogP contribution in [0.4, 0.5) is 0 Å². The Morgan fingerprint density at radius 1 is 1.38 bits per heavy atom. The molecule has 0 aromatic heterocycles. The number of aliphatic carboxylic acids is 1. The molecule has 0 aromatic rings. The van der Waals surface area contributed by atoms with E-state index in [1.807, 2.05) is 6.92 Å². The Kier molecular flexibility index (Phi) is 6.03. The minimum atomic E-state index is -1.05. The van der Waals surface area contributed by atoms with Crippen molar-refractivity contribution in [2.45, 2.75) is 46.1 Å². The summed E-state index contributed by atoms with van der Waals surface area (Å²) >= 11 is 0. The predicted octanol–water partition coefficient (Wildman–Crippen LogP) is 0.764. The maximum absolute atomic E-state index is 11.4. The highest BCUT2D eigenvalue weighted by atomic mass is 16.4.